The van der Waals surface area contributed by atoms with Crippen LogP contribution in [0.5, 0.6) is 0 Å². The molecule has 1 heterocycles. The van der Waals surface area contributed by atoms with E-state index in [4.69, 9.17) is 5.11 Å². The van der Waals surface area contributed by atoms with E-state index in [0.717, 1.165) is 6.42 Å². The number of carboxylic acid groups (broad SMARTS) is 1. The van der Waals surface area contributed by atoms with Crippen LogP contribution in [0.2, 0.25) is 0 Å². The summed E-state index contributed by atoms with van der Waals surface area (Å²) in [5.41, 5.74) is 0.621. The van der Waals surface area contributed by atoms with Crippen molar-refractivity contribution in [2.75, 3.05) is 24.5 Å². The second-order valence-corrected chi connectivity index (χ2v) is 5.79. The molecular formula is C16H22N2O3. The number of anilines is 1. The van der Waals surface area contributed by atoms with E-state index in [9.17, 15) is 9.59 Å². The fourth-order valence-electron chi connectivity index (χ4n) is 2.62. The van der Waals surface area contributed by atoms with Crippen LogP contribution in [0.1, 0.15) is 20.3 Å². The van der Waals surface area contributed by atoms with Crippen molar-refractivity contribution in [3.63, 3.8) is 0 Å². The van der Waals surface area contributed by atoms with Crippen LogP contribution >= 0.6 is 0 Å². The third-order valence-corrected chi connectivity index (χ3v) is 4.20. The van der Waals surface area contributed by atoms with Crippen molar-refractivity contribution in [2.45, 2.75) is 20.3 Å². The first kappa shape index (κ1) is 15.4. The molecule has 1 aliphatic rings. The zero-order valence-corrected chi connectivity index (χ0v) is 12.5. The number of carboxylic acids is 1. The number of benzene rings is 1. The van der Waals surface area contributed by atoms with Crippen molar-refractivity contribution >= 4 is 17.7 Å². The molecule has 5 nitrogen and oxygen atoms in total. The zero-order chi connectivity index (χ0) is 15.4. The molecule has 2 atom stereocenters. The highest BCUT2D eigenvalue weighted by atomic mass is 16.4. The Kier molecular flexibility index (Phi) is 4.83. The largest absolute Gasteiger partial charge is 0.480 e. The maximum Gasteiger partial charge on any atom is 0.325 e. The van der Waals surface area contributed by atoms with Crippen molar-refractivity contribution in [2.24, 2.45) is 11.8 Å². The summed E-state index contributed by atoms with van der Waals surface area (Å²) >= 11 is 0. The Balaban J connectivity index is 2.17. The molecule has 2 amide bonds. The van der Waals surface area contributed by atoms with Gasteiger partial charge in [0.25, 0.3) is 0 Å². The molecule has 5 heteroatoms. The minimum atomic E-state index is -1.01. The Hall–Kier alpha value is -2.04. The molecule has 1 N–H and O–H groups in total. The average molecular weight is 290 g/mol. The Morgan fingerprint density at radius 3 is 2.48 bits per heavy atom. The minimum Gasteiger partial charge on any atom is -0.480 e. The molecule has 0 aromatic heterocycles. The predicted octanol–water partition coefficient (Wildman–Crippen LogP) is 2.68. The summed E-state index contributed by atoms with van der Waals surface area (Å²) < 4.78 is 0. The molecule has 1 aliphatic heterocycles. The van der Waals surface area contributed by atoms with Gasteiger partial charge in [-0.2, -0.15) is 0 Å². The first-order valence-corrected chi connectivity index (χ1v) is 7.32. The standard InChI is InChI=1S/C16H22N2O3/c1-12-8-9-17(10-13(12)2)16(21)18(11-15(19)20)14-6-4-3-5-7-14/h3-7,12-13H,8-11H2,1-2H3,(H,19,20). The normalized spacial score (nSPS) is 21.9. The van der Waals surface area contributed by atoms with Crippen LogP contribution in [0.15, 0.2) is 30.3 Å². The van der Waals surface area contributed by atoms with Gasteiger partial charge in [-0.15, -0.1) is 0 Å². The summed E-state index contributed by atoms with van der Waals surface area (Å²) in [5, 5.41) is 9.07. The number of piperidine rings is 1. The Morgan fingerprint density at radius 2 is 1.90 bits per heavy atom. The number of para-hydroxylation sites is 1. The third kappa shape index (κ3) is 3.74. The SMILES string of the molecule is CC1CCN(C(=O)N(CC(=O)O)c2ccccc2)CC1C. The van der Waals surface area contributed by atoms with Crippen LogP contribution in [-0.4, -0.2) is 41.6 Å². The van der Waals surface area contributed by atoms with E-state index in [-0.39, 0.29) is 12.6 Å². The van der Waals surface area contributed by atoms with Gasteiger partial charge in [0, 0.05) is 18.8 Å². The highest BCUT2D eigenvalue weighted by Crippen LogP contribution is 2.24. The highest BCUT2D eigenvalue weighted by molar-refractivity contribution is 5.96. The molecule has 2 rings (SSSR count). The maximum atomic E-state index is 12.7. The van der Waals surface area contributed by atoms with Crippen LogP contribution in [-0.2, 0) is 4.79 Å². The zero-order valence-electron chi connectivity index (χ0n) is 12.5. The molecule has 0 saturated carbocycles. The quantitative estimate of drug-likeness (QED) is 0.931. The first-order chi connectivity index (χ1) is 9.99. The minimum absolute atomic E-state index is 0.220. The Bertz CT molecular complexity index is 504. The van der Waals surface area contributed by atoms with Crippen molar-refractivity contribution in [1.29, 1.82) is 0 Å². The van der Waals surface area contributed by atoms with E-state index in [1.807, 2.05) is 6.07 Å². The number of nitrogens with zero attached hydrogens (tertiary/aromatic N) is 2. The average Bonchev–Trinajstić information content (AvgIpc) is 2.47. The summed E-state index contributed by atoms with van der Waals surface area (Å²) in [4.78, 5) is 26.9. The second kappa shape index (κ2) is 6.61. The number of rotatable bonds is 3. The van der Waals surface area contributed by atoms with E-state index >= 15 is 0 Å². The molecule has 0 aliphatic carbocycles. The molecule has 0 spiro atoms. The number of carbonyl (C=O) groups excluding carboxylic acids is 1. The molecule has 1 saturated heterocycles. The van der Waals surface area contributed by atoms with Gasteiger partial charge >= 0.3 is 12.0 Å². The number of aliphatic carboxylic acids is 1. The van der Waals surface area contributed by atoms with Crippen LogP contribution < -0.4 is 4.90 Å². The van der Waals surface area contributed by atoms with Crippen LogP contribution in [0.25, 0.3) is 0 Å². The van der Waals surface area contributed by atoms with Crippen molar-refractivity contribution in [3.05, 3.63) is 30.3 Å². The van der Waals surface area contributed by atoms with Crippen LogP contribution in [0.3, 0.4) is 0 Å². The lowest BCUT2D eigenvalue weighted by Crippen LogP contribution is -2.50. The lowest BCUT2D eigenvalue weighted by Gasteiger charge is -2.37. The van der Waals surface area contributed by atoms with Crippen molar-refractivity contribution < 1.29 is 14.7 Å². The molecule has 1 aromatic carbocycles. The second-order valence-electron chi connectivity index (χ2n) is 5.79. The monoisotopic (exact) mass is 290 g/mol. The Morgan fingerprint density at radius 1 is 1.24 bits per heavy atom. The molecule has 1 aromatic rings. The van der Waals surface area contributed by atoms with Crippen LogP contribution in [0, 0.1) is 11.8 Å². The number of hydrogen-bond acceptors (Lipinski definition) is 2. The van der Waals surface area contributed by atoms with Gasteiger partial charge in [0.05, 0.1) is 0 Å². The third-order valence-electron chi connectivity index (χ3n) is 4.20. The van der Waals surface area contributed by atoms with E-state index in [0.29, 0.717) is 30.6 Å². The number of carbonyl (C=O) groups is 2. The summed E-state index contributed by atoms with van der Waals surface area (Å²) in [7, 11) is 0. The van der Waals surface area contributed by atoms with Crippen molar-refractivity contribution in [1.82, 2.24) is 4.90 Å². The van der Waals surface area contributed by atoms with E-state index in [1.165, 1.54) is 4.90 Å². The predicted molar refractivity (Wildman–Crippen MR) is 81.3 cm³/mol. The summed E-state index contributed by atoms with van der Waals surface area (Å²) in [6, 6.07) is 8.75. The van der Waals surface area contributed by atoms with Gasteiger partial charge in [-0.1, -0.05) is 32.0 Å². The summed E-state index contributed by atoms with van der Waals surface area (Å²) in [5.74, 6) is 0.0227. The number of likely N-dealkylation sites (tertiary alicyclic amines) is 1. The van der Waals surface area contributed by atoms with Crippen molar-refractivity contribution in [3.8, 4) is 0 Å². The molecule has 0 bridgehead atoms. The van der Waals surface area contributed by atoms with E-state index in [1.54, 1.807) is 29.2 Å². The summed E-state index contributed by atoms with van der Waals surface area (Å²) in [6.07, 6.45) is 0.961. The molecule has 0 radical (unpaired) electrons. The molecular weight excluding hydrogens is 268 g/mol. The topological polar surface area (TPSA) is 60.9 Å². The van der Waals surface area contributed by atoms with Gasteiger partial charge in [-0.05, 0) is 30.4 Å². The van der Waals surface area contributed by atoms with Gasteiger partial charge in [-0.25, -0.2) is 4.79 Å². The van der Waals surface area contributed by atoms with Gasteiger partial charge in [0.1, 0.15) is 6.54 Å². The molecule has 114 valence electrons. The number of urea groups is 1. The van der Waals surface area contributed by atoms with Gasteiger partial charge < -0.3 is 10.0 Å². The first-order valence-electron chi connectivity index (χ1n) is 7.32. The molecule has 1 fully saturated rings. The van der Waals surface area contributed by atoms with Crippen LogP contribution in [0.4, 0.5) is 10.5 Å². The lowest BCUT2D eigenvalue weighted by atomic mass is 9.89. The lowest BCUT2D eigenvalue weighted by molar-refractivity contribution is -0.135. The maximum absolute atomic E-state index is 12.7. The smallest absolute Gasteiger partial charge is 0.325 e. The fourth-order valence-corrected chi connectivity index (χ4v) is 2.62. The van der Waals surface area contributed by atoms with E-state index < -0.39 is 5.97 Å². The Labute approximate surface area is 125 Å². The summed E-state index contributed by atoms with van der Waals surface area (Å²) in [6.45, 7) is 5.38. The molecule has 2 unspecified atom stereocenters. The van der Waals surface area contributed by atoms with Gasteiger partial charge in [0.15, 0.2) is 0 Å². The molecule has 21 heavy (non-hydrogen) atoms. The van der Waals surface area contributed by atoms with E-state index in [2.05, 4.69) is 13.8 Å². The fraction of sp³-hybridized carbons (Fsp3) is 0.500. The highest BCUT2D eigenvalue weighted by Gasteiger charge is 2.30. The number of amides is 2. The van der Waals surface area contributed by atoms with Gasteiger partial charge in [0.2, 0.25) is 0 Å². The van der Waals surface area contributed by atoms with Gasteiger partial charge in [-0.3, -0.25) is 9.69 Å². The number of hydrogen-bond donors (Lipinski definition) is 1.